The van der Waals surface area contributed by atoms with Gasteiger partial charge in [-0.05, 0) is 30.5 Å². The molecule has 1 aromatic carbocycles. The lowest BCUT2D eigenvalue weighted by Gasteiger charge is -2.14. The highest BCUT2D eigenvalue weighted by Gasteiger charge is 2.06. The maximum Gasteiger partial charge on any atom is 0.0611 e. The zero-order chi connectivity index (χ0) is 10.4. The van der Waals surface area contributed by atoms with E-state index in [1.54, 1.807) is 7.11 Å². The summed E-state index contributed by atoms with van der Waals surface area (Å²) in [5, 5.41) is 0.790. The van der Waals surface area contributed by atoms with Crippen molar-refractivity contribution in [2.45, 2.75) is 32.3 Å². The third-order valence-electron chi connectivity index (χ3n) is 2.32. The van der Waals surface area contributed by atoms with Gasteiger partial charge in [0.2, 0.25) is 0 Å². The molecule has 0 fully saturated rings. The minimum Gasteiger partial charge on any atom is -0.381 e. The molecule has 1 aromatic rings. The second-order valence-corrected chi connectivity index (χ2v) is 3.91. The van der Waals surface area contributed by atoms with Crippen molar-refractivity contribution < 1.29 is 4.74 Å². The van der Waals surface area contributed by atoms with Gasteiger partial charge in [-0.1, -0.05) is 37.1 Å². The number of benzene rings is 1. The lowest BCUT2D eigenvalue weighted by molar-refractivity contribution is 0.0949. The number of hydrogen-bond donors (Lipinski definition) is 0. The van der Waals surface area contributed by atoms with E-state index < -0.39 is 0 Å². The second-order valence-electron chi connectivity index (χ2n) is 3.48. The normalized spacial score (nSPS) is 12.8. The summed E-state index contributed by atoms with van der Waals surface area (Å²) >= 11 is 5.81. The number of ether oxygens (including phenoxy) is 1. The van der Waals surface area contributed by atoms with Crippen molar-refractivity contribution in [1.29, 1.82) is 0 Å². The van der Waals surface area contributed by atoms with Crippen LogP contribution in [0.5, 0.6) is 0 Å². The highest BCUT2D eigenvalue weighted by atomic mass is 35.5. The van der Waals surface area contributed by atoms with Gasteiger partial charge in [0.15, 0.2) is 0 Å². The quantitative estimate of drug-likeness (QED) is 0.723. The zero-order valence-electron chi connectivity index (χ0n) is 8.79. The third-order valence-corrected chi connectivity index (χ3v) is 2.57. The molecule has 1 rings (SSSR count). The van der Waals surface area contributed by atoms with Crippen LogP contribution in [0.4, 0.5) is 0 Å². The summed E-state index contributed by atoms with van der Waals surface area (Å²) in [4.78, 5) is 0. The standard InChI is InChI=1S/C12H17ClO/c1-3-4-12(14-2)9-10-5-7-11(13)8-6-10/h5-8,12H,3-4,9H2,1-2H3. The first kappa shape index (κ1) is 11.5. The predicted octanol–water partition coefficient (Wildman–Crippen LogP) is 3.70. The average molecular weight is 213 g/mol. The first-order valence-electron chi connectivity index (χ1n) is 5.03. The molecule has 14 heavy (non-hydrogen) atoms. The number of hydrogen-bond acceptors (Lipinski definition) is 1. The van der Waals surface area contributed by atoms with Crippen LogP contribution in [0.25, 0.3) is 0 Å². The SMILES string of the molecule is CCCC(Cc1ccc(Cl)cc1)OC. The van der Waals surface area contributed by atoms with E-state index in [9.17, 15) is 0 Å². The average Bonchev–Trinajstić information content (AvgIpc) is 2.20. The Balaban J connectivity index is 2.53. The Morgan fingerprint density at radius 2 is 1.93 bits per heavy atom. The van der Waals surface area contributed by atoms with Crippen molar-refractivity contribution in [2.24, 2.45) is 0 Å². The lowest BCUT2D eigenvalue weighted by atomic mass is 10.0. The molecule has 0 heterocycles. The fraction of sp³-hybridized carbons (Fsp3) is 0.500. The van der Waals surface area contributed by atoms with E-state index in [4.69, 9.17) is 16.3 Å². The maximum absolute atomic E-state index is 5.81. The molecule has 0 aliphatic carbocycles. The summed E-state index contributed by atoms with van der Waals surface area (Å²) in [5.74, 6) is 0. The van der Waals surface area contributed by atoms with Crippen LogP contribution < -0.4 is 0 Å². The molecule has 2 heteroatoms. The fourth-order valence-electron chi connectivity index (χ4n) is 1.51. The van der Waals surface area contributed by atoms with Crippen LogP contribution in [0.3, 0.4) is 0 Å². The smallest absolute Gasteiger partial charge is 0.0611 e. The third kappa shape index (κ3) is 3.69. The monoisotopic (exact) mass is 212 g/mol. The molecular weight excluding hydrogens is 196 g/mol. The van der Waals surface area contributed by atoms with Gasteiger partial charge >= 0.3 is 0 Å². The van der Waals surface area contributed by atoms with E-state index in [1.165, 1.54) is 5.56 Å². The molecule has 0 N–H and O–H groups in total. The first-order chi connectivity index (χ1) is 6.76. The number of halogens is 1. The molecular formula is C12H17ClO. The molecule has 1 atom stereocenters. The molecule has 0 amide bonds. The Hall–Kier alpha value is -0.530. The van der Waals surface area contributed by atoms with E-state index in [-0.39, 0.29) is 0 Å². The molecule has 78 valence electrons. The zero-order valence-corrected chi connectivity index (χ0v) is 9.55. The van der Waals surface area contributed by atoms with Crippen molar-refractivity contribution >= 4 is 11.6 Å². The minimum atomic E-state index is 0.334. The summed E-state index contributed by atoms with van der Waals surface area (Å²) in [6.45, 7) is 2.17. The van der Waals surface area contributed by atoms with E-state index in [0.717, 1.165) is 24.3 Å². The molecule has 0 aliphatic rings. The van der Waals surface area contributed by atoms with E-state index >= 15 is 0 Å². The van der Waals surface area contributed by atoms with Crippen LogP contribution in [0.15, 0.2) is 24.3 Å². The van der Waals surface area contributed by atoms with Gasteiger partial charge in [-0.25, -0.2) is 0 Å². The topological polar surface area (TPSA) is 9.23 Å². The van der Waals surface area contributed by atoms with Crippen LogP contribution >= 0.6 is 11.6 Å². The van der Waals surface area contributed by atoms with E-state index in [0.29, 0.717) is 6.10 Å². The Kier molecular flexibility index (Phi) is 4.99. The van der Waals surface area contributed by atoms with Gasteiger partial charge in [0.1, 0.15) is 0 Å². The Morgan fingerprint density at radius 3 is 2.43 bits per heavy atom. The van der Waals surface area contributed by atoms with Crippen LogP contribution in [0.1, 0.15) is 25.3 Å². The molecule has 0 aliphatic heterocycles. The van der Waals surface area contributed by atoms with Gasteiger partial charge in [-0.3, -0.25) is 0 Å². The van der Waals surface area contributed by atoms with E-state index in [2.05, 4.69) is 19.1 Å². The van der Waals surface area contributed by atoms with Crippen molar-refractivity contribution in [1.82, 2.24) is 0 Å². The fourth-order valence-corrected chi connectivity index (χ4v) is 1.63. The predicted molar refractivity (Wildman–Crippen MR) is 60.9 cm³/mol. The van der Waals surface area contributed by atoms with Crippen molar-refractivity contribution in [3.8, 4) is 0 Å². The summed E-state index contributed by atoms with van der Waals surface area (Å²) < 4.78 is 5.39. The minimum absolute atomic E-state index is 0.334. The molecule has 0 spiro atoms. The summed E-state index contributed by atoms with van der Waals surface area (Å²) in [6.07, 6.45) is 3.58. The highest BCUT2D eigenvalue weighted by molar-refractivity contribution is 6.30. The van der Waals surface area contributed by atoms with Crippen LogP contribution in [-0.4, -0.2) is 13.2 Å². The van der Waals surface area contributed by atoms with Gasteiger partial charge in [0.05, 0.1) is 6.10 Å². The molecule has 1 nitrogen and oxygen atoms in total. The Morgan fingerprint density at radius 1 is 1.29 bits per heavy atom. The first-order valence-corrected chi connectivity index (χ1v) is 5.41. The summed E-state index contributed by atoms with van der Waals surface area (Å²) in [6, 6.07) is 7.97. The van der Waals surface area contributed by atoms with Crippen molar-refractivity contribution in [2.75, 3.05) is 7.11 Å². The molecule has 0 aromatic heterocycles. The molecule has 1 unspecified atom stereocenters. The maximum atomic E-state index is 5.81. The van der Waals surface area contributed by atoms with Gasteiger partial charge in [-0.2, -0.15) is 0 Å². The van der Waals surface area contributed by atoms with Gasteiger partial charge < -0.3 is 4.74 Å². The number of rotatable bonds is 5. The molecule has 0 saturated carbocycles. The van der Waals surface area contributed by atoms with Crippen LogP contribution in [0.2, 0.25) is 5.02 Å². The molecule has 0 bridgehead atoms. The van der Waals surface area contributed by atoms with Crippen molar-refractivity contribution in [3.05, 3.63) is 34.9 Å². The summed E-state index contributed by atoms with van der Waals surface area (Å²) in [5.41, 5.74) is 1.29. The van der Waals surface area contributed by atoms with Crippen molar-refractivity contribution in [3.63, 3.8) is 0 Å². The van der Waals surface area contributed by atoms with Gasteiger partial charge in [0.25, 0.3) is 0 Å². The van der Waals surface area contributed by atoms with Gasteiger partial charge in [0, 0.05) is 12.1 Å². The van der Waals surface area contributed by atoms with Crippen LogP contribution in [0, 0.1) is 0 Å². The second kappa shape index (κ2) is 6.05. The Bertz CT molecular complexity index is 256. The van der Waals surface area contributed by atoms with E-state index in [1.807, 2.05) is 12.1 Å². The molecule has 0 saturated heterocycles. The highest BCUT2D eigenvalue weighted by Crippen LogP contribution is 2.13. The number of methoxy groups -OCH3 is 1. The Labute approximate surface area is 91.0 Å². The van der Waals surface area contributed by atoms with Crippen LogP contribution in [-0.2, 0) is 11.2 Å². The summed E-state index contributed by atoms with van der Waals surface area (Å²) in [7, 11) is 1.77. The lowest BCUT2D eigenvalue weighted by Crippen LogP contribution is -2.13. The van der Waals surface area contributed by atoms with Gasteiger partial charge in [-0.15, -0.1) is 0 Å². The largest absolute Gasteiger partial charge is 0.381 e. The molecule has 0 radical (unpaired) electrons.